The third kappa shape index (κ3) is 3.24. The first-order valence-electron chi connectivity index (χ1n) is 7.50. The first kappa shape index (κ1) is 14.5. The van der Waals surface area contributed by atoms with Gasteiger partial charge in [-0.25, -0.2) is 9.97 Å². The molecule has 114 valence electrons. The van der Waals surface area contributed by atoms with Gasteiger partial charge in [-0.15, -0.1) is 0 Å². The van der Waals surface area contributed by atoms with E-state index in [0.29, 0.717) is 17.6 Å². The Balaban J connectivity index is 1.73. The van der Waals surface area contributed by atoms with E-state index in [-0.39, 0.29) is 5.91 Å². The zero-order valence-corrected chi connectivity index (χ0v) is 13.1. The van der Waals surface area contributed by atoms with Crippen molar-refractivity contribution in [1.29, 1.82) is 0 Å². The van der Waals surface area contributed by atoms with Crippen LogP contribution in [0.2, 0.25) is 0 Å². The Morgan fingerprint density at radius 3 is 2.23 bits per heavy atom. The Hall–Kier alpha value is -2.43. The number of carbonyl (C=O) groups is 1. The molecule has 1 aliphatic rings. The van der Waals surface area contributed by atoms with E-state index >= 15 is 0 Å². The Morgan fingerprint density at radius 1 is 1.09 bits per heavy atom. The van der Waals surface area contributed by atoms with Gasteiger partial charge in [0.1, 0.15) is 0 Å². The number of aryl methyl sites for hydroxylation is 3. The highest BCUT2D eigenvalue weighted by Crippen LogP contribution is 2.24. The van der Waals surface area contributed by atoms with Gasteiger partial charge in [-0.05, 0) is 44.7 Å². The van der Waals surface area contributed by atoms with Crippen LogP contribution in [0.3, 0.4) is 0 Å². The maximum atomic E-state index is 12.3. The van der Waals surface area contributed by atoms with Crippen molar-refractivity contribution in [2.24, 2.45) is 0 Å². The average molecular weight is 296 g/mol. The summed E-state index contributed by atoms with van der Waals surface area (Å²) < 4.78 is 0. The molecule has 0 atom stereocenters. The zero-order chi connectivity index (χ0) is 15.7. The number of anilines is 2. The summed E-state index contributed by atoms with van der Waals surface area (Å²) in [5.74, 6) is 0.398. The smallest absolute Gasteiger partial charge is 0.258 e. The standard InChI is InChI=1S/C17H20N4O/c1-10-6-11(2)15(12(3)7-10)21-16(22)13-8-18-17(19-9-13)20-14-4-5-14/h6-9,14H,4-5H2,1-3H3,(H,21,22)(H,18,19,20). The molecule has 0 aliphatic heterocycles. The molecule has 0 spiro atoms. The number of benzene rings is 1. The molecule has 1 heterocycles. The van der Waals surface area contributed by atoms with Gasteiger partial charge in [0.2, 0.25) is 5.95 Å². The molecular weight excluding hydrogens is 276 g/mol. The monoisotopic (exact) mass is 296 g/mol. The molecule has 1 fully saturated rings. The molecule has 1 aliphatic carbocycles. The van der Waals surface area contributed by atoms with Crippen LogP contribution in [-0.4, -0.2) is 21.9 Å². The number of hydrogen-bond donors (Lipinski definition) is 2. The van der Waals surface area contributed by atoms with E-state index in [4.69, 9.17) is 0 Å². The minimum absolute atomic E-state index is 0.187. The molecule has 2 N–H and O–H groups in total. The Morgan fingerprint density at radius 2 is 1.68 bits per heavy atom. The summed E-state index contributed by atoms with van der Waals surface area (Å²) >= 11 is 0. The maximum absolute atomic E-state index is 12.3. The lowest BCUT2D eigenvalue weighted by atomic mass is 10.0. The number of aromatic nitrogens is 2. The number of nitrogens with zero attached hydrogens (tertiary/aromatic N) is 2. The molecule has 22 heavy (non-hydrogen) atoms. The molecule has 1 aromatic carbocycles. The van der Waals surface area contributed by atoms with E-state index < -0.39 is 0 Å². The fourth-order valence-corrected chi connectivity index (χ4v) is 2.49. The summed E-state index contributed by atoms with van der Waals surface area (Å²) in [7, 11) is 0. The molecule has 3 rings (SSSR count). The summed E-state index contributed by atoms with van der Waals surface area (Å²) in [6.45, 7) is 6.04. The van der Waals surface area contributed by atoms with Gasteiger partial charge in [0.05, 0.1) is 5.56 Å². The van der Waals surface area contributed by atoms with Crippen LogP contribution in [0, 0.1) is 20.8 Å². The third-order valence-electron chi connectivity index (χ3n) is 3.74. The zero-order valence-electron chi connectivity index (χ0n) is 13.1. The van der Waals surface area contributed by atoms with Crippen molar-refractivity contribution in [1.82, 2.24) is 9.97 Å². The molecule has 0 bridgehead atoms. The van der Waals surface area contributed by atoms with Crippen LogP contribution in [0.25, 0.3) is 0 Å². The number of carbonyl (C=O) groups excluding carboxylic acids is 1. The SMILES string of the molecule is Cc1cc(C)c(NC(=O)c2cnc(NC3CC3)nc2)c(C)c1. The first-order valence-corrected chi connectivity index (χ1v) is 7.50. The van der Waals surface area contributed by atoms with Crippen molar-refractivity contribution >= 4 is 17.5 Å². The quantitative estimate of drug-likeness (QED) is 0.909. The Bertz CT molecular complexity index is 682. The molecule has 5 nitrogen and oxygen atoms in total. The van der Waals surface area contributed by atoms with Crippen LogP contribution in [0.4, 0.5) is 11.6 Å². The van der Waals surface area contributed by atoms with Crippen LogP contribution in [-0.2, 0) is 0 Å². The topological polar surface area (TPSA) is 66.9 Å². The second-order valence-corrected chi connectivity index (χ2v) is 5.94. The van der Waals surface area contributed by atoms with Gasteiger partial charge in [-0.1, -0.05) is 17.7 Å². The summed E-state index contributed by atoms with van der Waals surface area (Å²) in [4.78, 5) is 20.7. The fraction of sp³-hybridized carbons (Fsp3) is 0.353. The van der Waals surface area contributed by atoms with Crippen LogP contribution < -0.4 is 10.6 Å². The van der Waals surface area contributed by atoms with Gasteiger partial charge in [0.25, 0.3) is 5.91 Å². The first-order chi connectivity index (χ1) is 10.5. The normalized spacial score (nSPS) is 13.8. The minimum Gasteiger partial charge on any atom is -0.351 e. The van der Waals surface area contributed by atoms with Crippen LogP contribution in [0.1, 0.15) is 39.9 Å². The molecule has 0 saturated heterocycles. The number of rotatable bonds is 4. The maximum Gasteiger partial charge on any atom is 0.258 e. The molecule has 2 aromatic rings. The van der Waals surface area contributed by atoms with E-state index in [1.54, 1.807) is 12.4 Å². The highest BCUT2D eigenvalue weighted by molar-refractivity contribution is 6.04. The van der Waals surface area contributed by atoms with Crippen molar-refractivity contribution in [3.05, 3.63) is 46.8 Å². The summed E-state index contributed by atoms with van der Waals surface area (Å²) in [5.41, 5.74) is 4.61. The van der Waals surface area contributed by atoms with Gasteiger partial charge in [-0.3, -0.25) is 4.79 Å². The van der Waals surface area contributed by atoms with E-state index in [1.807, 2.05) is 20.8 Å². The molecule has 1 aromatic heterocycles. The van der Waals surface area contributed by atoms with E-state index in [0.717, 1.165) is 29.7 Å². The van der Waals surface area contributed by atoms with Crippen molar-refractivity contribution in [3.8, 4) is 0 Å². The summed E-state index contributed by atoms with van der Waals surface area (Å²) in [6.07, 6.45) is 5.45. The van der Waals surface area contributed by atoms with Crippen molar-refractivity contribution < 1.29 is 4.79 Å². The van der Waals surface area contributed by atoms with Crippen LogP contribution >= 0.6 is 0 Å². The molecule has 1 saturated carbocycles. The van der Waals surface area contributed by atoms with Gasteiger partial charge in [0, 0.05) is 24.1 Å². The second-order valence-electron chi connectivity index (χ2n) is 5.94. The molecular formula is C17H20N4O. The largest absolute Gasteiger partial charge is 0.351 e. The van der Waals surface area contributed by atoms with Crippen molar-refractivity contribution in [3.63, 3.8) is 0 Å². The average Bonchev–Trinajstić information content (AvgIpc) is 3.27. The van der Waals surface area contributed by atoms with E-state index in [1.165, 1.54) is 5.56 Å². The lowest BCUT2D eigenvalue weighted by Gasteiger charge is -2.12. The number of amides is 1. The van der Waals surface area contributed by atoms with Gasteiger partial charge >= 0.3 is 0 Å². The Labute approximate surface area is 130 Å². The summed E-state index contributed by atoms with van der Waals surface area (Å²) in [5, 5.41) is 6.16. The predicted octanol–water partition coefficient (Wildman–Crippen LogP) is 3.23. The number of hydrogen-bond acceptors (Lipinski definition) is 4. The lowest BCUT2D eigenvalue weighted by molar-refractivity contribution is 0.102. The van der Waals surface area contributed by atoms with Gasteiger partial charge in [-0.2, -0.15) is 0 Å². The highest BCUT2D eigenvalue weighted by Gasteiger charge is 2.22. The van der Waals surface area contributed by atoms with Crippen LogP contribution in [0.5, 0.6) is 0 Å². The molecule has 0 unspecified atom stereocenters. The van der Waals surface area contributed by atoms with E-state index in [2.05, 4.69) is 32.7 Å². The van der Waals surface area contributed by atoms with Crippen molar-refractivity contribution in [2.45, 2.75) is 39.7 Å². The fourth-order valence-electron chi connectivity index (χ4n) is 2.49. The van der Waals surface area contributed by atoms with Crippen molar-refractivity contribution in [2.75, 3.05) is 10.6 Å². The minimum atomic E-state index is -0.187. The second kappa shape index (κ2) is 5.75. The lowest BCUT2D eigenvalue weighted by Crippen LogP contribution is -2.15. The summed E-state index contributed by atoms with van der Waals surface area (Å²) in [6, 6.07) is 4.61. The molecule has 5 heteroatoms. The van der Waals surface area contributed by atoms with E-state index in [9.17, 15) is 4.79 Å². The highest BCUT2D eigenvalue weighted by atomic mass is 16.1. The molecule has 1 amide bonds. The van der Waals surface area contributed by atoms with Crippen LogP contribution in [0.15, 0.2) is 24.5 Å². The van der Waals surface area contributed by atoms with Gasteiger partial charge < -0.3 is 10.6 Å². The Kier molecular flexibility index (Phi) is 3.79. The predicted molar refractivity (Wildman–Crippen MR) is 87.3 cm³/mol. The third-order valence-corrected chi connectivity index (χ3v) is 3.74. The molecule has 0 radical (unpaired) electrons. The van der Waals surface area contributed by atoms with Gasteiger partial charge in [0.15, 0.2) is 0 Å². The number of nitrogens with one attached hydrogen (secondary N) is 2.